The maximum absolute atomic E-state index is 8.88. The van der Waals surface area contributed by atoms with Gasteiger partial charge in [-0.25, -0.2) is 0 Å². The number of benzene rings is 2. The molecule has 0 radical (unpaired) electrons. The van der Waals surface area contributed by atoms with Crippen molar-refractivity contribution in [2.45, 2.75) is 13.8 Å². The average Bonchev–Trinajstić information content (AvgIpc) is 2.33. The molecule has 0 aliphatic rings. The summed E-state index contributed by atoms with van der Waals surface area (Å²) in [5, 5.41) is 12.8. The Hall–Kier alpha value is -1.98. The summed E-state index contributed by atoms with van der Waals surface area (Å²) in [6, 6.07) is 13.6. The van der Waals surface area contributed by atoms with Crippen LogP contribution in [0.25, 0.3) is 0 Å². The van der Waals surface area contributed by atoms with Gasteiger partial charge in [-0.05, 0) is 55.3 Å². The van der Waals surface area contributed by atoms with Gasteiger partial charge in [0.25, 0.3) is 0 Å². The molecule has 0 saturated heterocycles. The number of nitriles is 1. The zero-order valence-electron chi connectivity index (χ0n) is 10.3. The molecule has 0 saturated carbocycles. The molecule has 0 spiro atoms. The van der Waals surface area contributed by atoms with Crippen LogP contribution in [0.3, 0.4) is 0 Å². The number of halogens is 1. The number of hydrogen-bond acceptors (Lipinski definition) is 2. The van der Waals surface area contributed by atoms with Crippen LogP contribution in [0.2, 0.25) is 5.02 Å². The van der Waals surface area contributed by atoms with E-state index in [0.717, 1.165) is 22.5 Å². The van der Waals surface area contributed by atoms with E-state index in [-0.39, 0.29) is 0 Å². The Morgan fingerprint density at radius 1 is 1.11 bits per heavy atom. The lowest BCUT2D eigenvalue weighted by atomic mass is 10.1. The molecule has 0 aromatic heterocycles. The Morgan fingerprint density at radius 2 is 1.89 bits per heavy atom. The highest BCUT2D eigenvalue weighted by Crippen LogP contribution is 2.27. The van der Waals surface area contributed by atoms with Crippen molar-refractivity contribution in [3.63, 3.8) is 0 Å². The fourth-order valence-electron chi connectivity index (χ4n) is 1.74. The number of anilines is 2. The molecule has 0 unspecified atom stereocenters. The summed E-state index contributed by atoms with van der Waals surface area (Å²) < 4.78 is 0. The molecule has 0 atom stereocenters. The van der Waals surface area contributed by atoms with E-state index in [1.165, 1.54) is 0 Å². The molecule has 2 aromatic carbocycles. The van der Waals surface area contributed by atoms with Gasteiger partial charge in [0.05, 0.1) is 22.3 Å². The summed E-state index contributed by atoms with van der Waals surface area (Å²) in [6.45, 7) is 3.92. The predicted octanol–water partition coefficient (Wildman–Crippen LogP) is 4.57. The molecule has 2 rings (SSSR count). The third-order valence-electron chi connectivity index (χ3n) is 2.75. The Kier molecular flexibility index (Phi) is 3.55. The summed E-state index contributed by atoms with van der Waals surface area (Å²) in [4.78, 5) is 0. The number of aryl methyl sites for hydroxylation is 2. The molecule has 3 heteroatoms. The Bertz CT molecular complexity index is 627. The van der Waals surface area contributed by atoms with Gasteiger partial charge in [-0.15, -0.1) is 0 Å². The van der Waals surface area contributed by atoms with Crippen molar-refractivity contribution in [1.29, 1.82) is 5.26 Å². The number of nitrogens with one attached hydrogen (secondary N) is 1. The second kappa shape index (κ2) is 5.12. The minimum Gasteiger partial charge on any atom is -0.354 e. The van der Waals surface area contributed by atoms with Gasteiger partial charge < -0.3 is 5.32 Å². The van der Waals surface area contributed by atoms with Gasteiger partial charge >= 0.3 is 0 Å². The van der Waals surface area contributed by atoms with Crippen LogP contribution >= 0.6 is 11.6 Å². The first-order valence-electron chi connectivity index (χ1n) is 5.64. The van der Waals surface area contributed by atoms with Crippen LogP contribution in [0.15, 0.2) is 36.4 Å². The standard InChI is InChI=1S/C15H13ClN2/c1-10-3-6-15(14(16)7-10)18-13-5-4-12(9-17)11(2)8-13/h3-8,18H,1-2H3. The lowest BCUT2D eigenvalue weighted by Gasteiger charge is -2.10. The van der Waals surface area contributed by atoms with E-state index in [1.54, 1.807) is 6.07 Å². The molecule has 2 aromatic rings. The van der Waals surface area contributed by atoms with Crippen LogP contribution in [-0.2, 0) is 0 Å². The van der Waals surface area contributed by atoms with Crippen LogP contribution in [0.1, 0.15) is 16.7 Å². The molecular weight excluding hydrogens is 244 g/mol. The van der Waals surface area contributed by atoms with Crippen molar-refractivity contribution in [3.8, 4) is 6.07 Å². The molecule has 0 aliphatic carbocycles. The molecule has 0 fully saturated rings. The Labute approximate surface area is 112 Å². The van der Waals surface area contributed by atoms with Crippen LogP contribution in [0, 0.1) is 25.2 Å². The maximum Gasteiger partial charge on any atom is 0.0994 e. The monoisotopic (exact) mass is 256 g/mol. The van der Waals surface area contributed by atoms with Gasteiger partial charge in [0.15, 0.2) is 0 Å². The van der Waals surface area contributed by atoms with Crippen LogP contribution < -0.4 is 5.32 Å². The molecule has 0 aliphatic heterocycles. The van der Waals surface area contributed by atoms with Crippen LogP contribution in [0.5, 0.6) is 0 Å². The maximum atomic E-state index is 8.88. The quantitative estimate of drug-likeness (QED) is 0.854. The van der Waals surface area contributed by atoms with E-state index in [0.29, 0.717) is 10.6 Å². The molecule has 0 heterocycles. The van der Waals surface area contributed by atoms with E-state index < -0.39 is 0 Å². The van der Waals surface area contributed by atoms with Crippen molar-refractivity contribution in [1.82, 2.24) is 0 Å². The van der Waals surface area contributed by atoms with Crippen molar-refractivity contribution in [2.75, 3.05) is 5.32 Å². The highest BCUT2D eigenvalue weighted by molar-refractivity contribution is 6.33. The summed E-state index contributed by atoms with van der Waals surface area (Å²) >= 11 is 6.16. The van der Waals surface area contributed by atoms with Gasteiger partial charge in [0.2, 0.25) is 0 Å². The largest absolute Gasteiger partial charge is 0.354 e. The topological polar surface area (TPSA) is 35.8 Å². The van der Waals surface area contributed by atoms with E-state index in [2.05, 4.69) is 11.4 Å². The van der Waals surface area contributed by atoms with Gasteiger partial charge in [-0.3, -0.25) is 0 Å². The van der Waals surface area contributed by atoms with Crippen LogP contribution in [0.4, 0.5) is 11.4 Å². The molecule has 18 heavy (non-hydrogen) atoms. The normalized spacial score (nSPS) is 9.89. The third kappa shape index (κ3) is 2.64. The molecule has 1 N–H and O–H groups in total. The Morgan fingerprint density at radius 3 is 2.50 bits per heavy atom. The molecule has 0 amide bonds. The lowest BCUT2D eigenvalue weighted by molar-refractivity contribution is 1.38. The van der Waals surface area contributed by atoms with Crippen molar-refractivity contribution in [3.05, 3.63) is 58.1 Å². The molecule has 2 nitrogen and oxygen atoms in total. The first-order valence-corrected chi connectivity index (χ1v) is 6.02. The first kappa shape index (κ1) is 12.5. The summed E-state index contributed by atoms with van der Waals surface area (Å²) in [6.07, 6.45) is 0. The fraction of sp³-hybridized carbons (Fsp3) is 0.133. The zero-order chi connectivity index (χ0) is 13.1. The second-order valence-electron chi connectivity index (χ2n) is 4.25. The van der Waals surface area contributed by atoms with E-state index in [1.807, 2.05) is 44.2 Å². The highest BCUT2D eigenvalue weighted by atomic mass is 35.5. The van der Waals surface area contributed by atoms with Crippen molar-refractivity contribution in [2.24, 2.45) is 0 Å². The van der Waals surface area contributed by atoms with E-state index in [9.17, 15) is 0 Å². The zero-order valence-corrected chi connectivity index (χ0v) is 11.0. The Balaban J connectivity index is 2.29. The minimum absolute atomic E-state index is 0.690. The smallest absolute Gasteiger partial charge is 0.0994 e. The molecule has 0 bridgehead atoms. The fourth-order valence-corrected chi connectivity index (χ4v) is 2.03. The van der Waals surface area contributed by atoms with Gasteiger partial charge in [0.1, 0.15) is 0 Å². The third-order valence-corrected chi connectivity index (χ3v) is 3.06. The van der Waals surface area contributed by atoms with Gasteiger partial charge in [0, 0.05) is 5.69 Å². The second-order valence-corrected chi connectivity index (χ2v) is 4.66. The summed E-state index contributed by atoms with van der Waals surface area (Å²) in [5.74, 6) is 0. The lowest BCUT2D eigenvalue weighted by Crippen LogP contribution is -1.93. The predicted molar refractivity (Wildman–Crippen MR) is 75.4 cm³/mol. The van der Waals surface area contributed by atoms with E-state index >= 15 is 0 Å². The number of nitrogens with zero attached hydrogens (tertiary/aromatic N) is 1. The molecular formula is C15H13ClN2. The van der Waals surface area contributed by atoms with Crippen LogP contribution in [-0.4, -0.2) is 0 Å². The van der Waals surface area contributed by atoms with E-state index in [4.69, 9.17) is 16.9 Å². The number of hydrogen-bond donors (Lipinski definition) is 1. The number of rotatable bonds is 2. The minimum atomic E-state index is 0.690. The SMILES string of the molecule is Cc1ccc(Nc2ccc(C#N)c(C)c2)c(Cl)c1. The van der Waals surface area contributed by atoms with Gasteiger partial charge in [-0.1, -0.05) is 17.7 Å². The first-order chi connectivity index (χ1) is 8.60. The highest BCUT2D eigenvalue weighted by Gasteiger charge is 2.03. The van der Waals surface area contributed by atoms with Crippen molar-refractivity contribution >= 4 is 23.0 Å². The molecule has 90 valence electrons. The van der Waals surface area contributed by atoms with Crippen molar-refractivity contribution < 1.29 is 0 Å². The summed E-state index contributed by atoms with van der Waals surface area (Å²) in [7, 11) is 0. The average molecular weight is 257 g/mol. The summed E-state index contributed by atoms with van der Waals surface area (Å²) in [5.41, 5.74) is 4.56. The van der Waals surface area contributed by atoms with Gasteiger partial charge in [-0.2, -0.15) is 5.26 Å².